The van der Waals surface area contributed by atoms with Crippen LogP contribution in [0.1, 0.15) is 29.5 Å². The lowest BCUT2D eigenvalue weighted by molar-refractivity contribution is 0.395. The summed E-state index contributed by atoms with van der Waals surface area (Å²) in [6.45, 7) is 0. The molecular formula is C26H25ClN2O4S. The second kappa shape index (κ2) is 8.89. The van der Waals surface area contributed by atoms with Crippen molar-refractivity contribution < 1.29 is 17.9 Å². The number of nitrogens with one attached hydrogen (secondary N) is 2. The molecule has 0 amide bonds. The predicted octanol–water partition coefficient (Wildman–Crippen LogP) is 5.98. The van der Waals surface area contributed by atoms with Crippen molar-refractivity contribution in [1.82, 2.24) is 0 Å². The van der Waals surface area contributed by atoms with Gasteiger partial charge in [-0.05, 0) is 59.9 Å². The second-order valence-corrected chi connectivity index (χ2v) is 10.5. The number of rotatable bonds is 6. The van der Waals surface area contributed by atoms with Gasteiger partial charge in [-0.3, -0.25) is 4.72 Å². The largest absolute Gasteiger partial charge is 0.497 e. The molecule has 0 spiro atoms. The number of sulfonamides is 1. The molecule has 0 radical (unpaired) electrons. The highest BCUT2D eigenvalue weighted by atomic mass is 35.5. The van der Waals surface area contributed by atoms with E-state index in [4.69, 9.17) is 21.1 Å². The van der Waals surface area contributed by atoms with Crippen molar-refractivity contribution in [2.75, 3.05) is 24.3 Å². The van der Waals surface area contributed by atoms with E-state index in [0.717, 1.165) is 28.3 Å². The van der Waals surface area contributed by atoms with Crippen LogP contribution in [-0.2, 0) is 10.0 Å². The number of ether oxygens (including phenoxy) is 2. The van der Waals surface area contributed by atoms with Crippen LogP contribution in [0.2, 0.25) is 5.02 Å². The molecule has 6 nitrogen and oxygen atoms in total. The van der Waals surface area contributed by atoms with Gasteiger partial charge in [-0.25, -0.2) is 8.42 Å². The van der Waals surface area contributed by atoms with Crippen molar-refractivity contribution in [2.45, 2.75) is 23.3 Å². The lowest BCUT2D eigenvalue weighted by Crippen LogP contribution is -2.29. The minimum Gasteiger partial charge on any atom is -0.497 e. The van der Waals surface area contributed by atoms with Crippen LogP contribution in [0, 0.1) is 5.92 Å². The number of allylic oxidation sites excluding steroid dienone is 2. The number of methoxy groups -OCH3 is 2. The molecule has 0 fully saturated rings. The monoisotopic (exact) mass is 496 g/mol. The zero-order chi connectivity index (χ0) is 23.9. The van der Waals surface area contributed by atoms with Gasteiger partial charge < -0.3 is 14.8 Å². The maximum absolute atomic E-state index is 13.3. The standard InChI is InChI=1S/C26H25ClN2O4S/c1-32-16-10-12-24(25(14-16)33-2)29-34(30,31)17-11-13-23-21(15-17)18-7-5-8-19(18)26(28-23)20-6-3-4-9-22(20)27/h3-7,9-15,18-19,26,28-29H,8H2,1-2H3/t18-,19+,26-/m0/s1. The molecular weight excluding hydrogens is 472 g/mol. The highest BCUT2D eigenvalue weighted by Crippen LogP contribution is 2.51. The quantitative estimate of drug-likeness (QED) is 0.410. The van der Waals surface area contributed by atoms with E-state index in [1.165, 1.54) is 7.11 Å². The molecule has 3 aromatic rings. The summed E-state index contributed by atoms with van der Waals surface area (Å²) in [5, 5.41) is 4.34. The molecule has 3 aromatic carbocycles. The third kappa shape index (κ3) is 3.99. The Kier molecular flexibility index (Phi) is 5.91. The molecule has 0 saturated heterocycles. The van der Waals surface area contributed by atoms with Gasteiger partial charge in [-0.2, -0.15) is 0 Å². The van der Waals surface area contributed by atoms with Crippen LogP contribution in [0.15, 0.2) is 77.7 Å². The fraction of sp³-hybridized carbons (Fsp3) is 0.231. The van der Waals surface area contributed by atoms with E-state index in [0.29, 0.717) is 17.2 Å². The second-order valence-electron chi connectivity index (χ2n) is 8.42. The summed E-state index contributed by atoms with van der Waals surface area (Å²) in [5.74, 6) is 1.30. The van der Waals surface area contributed by atoms with Crippen LogP contribution in [0.4, 0.5) is 11.4 Å². The minimum atomic E-state index is -3.84. The number of benzene rings is 3. The van der Waals surface area contributed by atoms with E-state index in [1.54, 1.807) is 37.4 Å². The Morgan fingerprint density at radius 3 is 2.59 bits per heavy atom. The van der Waals surface area contributed by atoms with Crippen LogP contribution in [0.5, 0.6) is 11.5 Å². The van der Waals surface area contributed by atoms with Gasteiger partial charge in [0.2, 0.25) is 0 Å². The van der Waals surface area contributed by atoms with Gasteiger partial charge in [0.15, 0.2) is 0 Å². The molecule has 1 aliphatic carbocycles. The fourth-order valence-electron chi connectivity index (χ4n) is 4.86. The zero-order valence-corrected chi connectivity index (χ0v) is 20.4. The molecule has 1 aliphatic heterocycles. The van der Waals surface area contributed by atoms with Crippen LogP contribution in [-0.4, -0.2) is 22.6 Å². The van der Waals surface area contributed by atoms with Crippen LogP contribution >= 0.6 is 11.6 Å². The SMILES string of the molecule is COc1ccc(NS(=O)(=O)c2ccc3c(c2)[C@H]2C=CC[C@H]2[C@@H](c2ccccc2Cl)N3)c(OC)c1. The molecule has 0 unspecified atom stereocenters. The summed E-state index contributed by atoms with van der Waals surface area (Å²) in [4.78, 5) is 0.196. The first-order valence-corrected chi connectivity index (χ1v) is 12.8. The average molecular weight is 497 g/mol. The van der Waals surface area contributed by atoms with Gasteiger partial charge in [0.05, 0.1) is 30.8 Å². The minimum absolute atomic E-state index is 0.0466. The van der Waals surface area contributed by atoms with Gasteiger partial charge in [0, 0.05) is 22.7 Å². The van der Waals surface area contributed by atoms with E-state index >= 15 is 0 Å². The Labute approximate surface area is 204 Å². The molecule has 0 saturated carbocycles. The molecule has 8 heteroatoms. The van der Waals surface area contributed by atoms with E-state index in [-0.39, 0.29) is 22.8 Å². The van der Waals surface area contributed by atoms with E-state index < -0.39 is 10.0 Å². The molecule has 3 atom stereocenters. The summed E-state index contributed by atoms with van der Waals surface area (Å²) < 4.78 is 39.7. The van der Waals surface area contributed by atoms with Crippen LogP contribution in [0.3, 0.4) is 0 Å². The van der Waals surface area contributed by atoms with E-state index in [9.17, 15) is 8.42 Å². The number of anilines is 2. The lowest BCUT2D eigenvalue weighted by atomic mass is 9.77. The third-order valence-electron chi connectivity index (χ3n) is 6.54. The summed E-state index contributed by atoms with van der Waals surface area (Å²) >= 11 is 6.51. The van der Waals surface area contributed by atoms with Gasteiger partial charge in [-0.1, -0.05) is 42.0 Å². The summed E-state index contributed by atoms with van der Waals surface area (Å²) in [6.07, 6.45) is 5.23. The van der Waals surface area contributed by atoms with Crippen LogP contribution in [0.25, 0.3) is 0 Å². The Bertz CT molecular complexity index is 1370. The van der Waals surface area contributed by atoms with Crippen molar-refractivity contribution in [3.8, 4) is 11.5 Å². The summed E-state index contributed by atoms with van der Waals surface area (Å²) in [7, 11) is -0.816. The maximum atomic E-state index is 13.3. The Morgan fingerprint density at radius 1 is 1.00 bits per heavy atom. The predicted molar refractivity (Wildman–Crippen MR) is 135 cm³/mol. The first-order chi connectivity index (χ1) is 16.4. The maximum Gasteiger partial charge on any atom is 0.262 e. The van der Waals surface area contributed by atoms with Gasteiger partial charge >= 0.3 is 0 Å². The van der Waals surface area contributed by atoms with Crippen LogP contribution < -0.4 is 19.5 Å². The molecule has 2 aliphatic rings. The lowest BCUT2D eigenvalue weighted by Gasteiger charge is -2.38. The van der Waals surface area contributed by atoms with Gasteiger partial charge in [0.25, 0.3) is 10.0 Å². The molecule has 2 N–H and O–H groups in total. The number of hydrogen-bond donors (Lipinski definition) is 2. The zero-order valence-electron chi connectivity index (χ0n) is 18.8. The van der Waals surface area contributed by atoms with Gasteiger partial charge in [0.1, 0.15) is 11.5 Å². The third-order valence-corrected chi connectivity index (χ3v) is 8.25. The normalized spacial score (nSPS) is 20.7. The molecule has 34 heavy (non-hydrogen) atoms. The molecule has 0 bridgehead atoms. The summed E-state index contributed by atoms with van der Waals surface area (Å²) in [6, 6.07) is 18.1. The number of fused-ring (bicyclic) bond motifs is 3. The highest BCUT2D eigenvalue weighted by molar-refractivity contribution is 7.92. The molecule has 5 rings (SSSR count). The van der Waals surface area contributed by atoms with E-state index in [2.05, 4.69) is 22.2 Å². The smallest absolute Gasteiger partial charge is 0.262 e. The Hall–Kier alpha value is -3.16. The number of hydrogen-bond acceptors (Lipinski definition) is 5. The summed E-state index contributed by atoms with van der Waals surface area (Å²) in [5.41, 5.74) is 3.28. The Balaban J connectivity index is 1.49. The number of halogens is 1. The first-order valence-electron chi connectivity index (χ1n) is 11.0. The topological polar surface area (TPSA) is 76.7 Å². The van der Waals surface area contributed by atoms with Gasteiger partial charge in [-0.15, -0.1) is 0 Å². The molecule has 0 aromatic heterocycles. The first kappa shape index (κ1) is 22.6. The van der Waals surface area contributed by atoms with Crippen molar-refractivity contribution in [1.29, 1.82) is 0 Å². The highest BCUT2D eigenvalue weighted by Gasteiger charge is 2.39. The fourth-order valence-corrected chi connectivity index (χ4v) is 6.22. The molecule has 176 valence electrons. The van der Waals surface area contributed by atoms with Crippen molar-refractivity contribution >= 4 is 33.0 Å². The Morgan fingerprint density at radius 2 is 1.82 bits per heavy atom. The molecule has 1 heterocycles. The van der Waals surface area contributed by atoms with Crippen molar-refractivity contribution in [2.24, 2.45) is 5.92 Å². The van der Waals surface area contributed by atoms with E-state index in [1.807, 2.05) is 30.3 Å². The van der Waals surface area contributed by atoms with Crippen molar-refractivity contribution in [3.63, 3.8) is 0 Å². The van der Waals surface area contributed by atoms with Crippen molar-refractivity contribution in [3.05, 3.63) is 89.0 Å². The average Bonchev–Trinajstić information content (AvgIpc) is 3.34.